The number of carbonyl (C=O) groups excluding carboxylic acids is 1. The van der Waals surface area contributed by atoms with Crippen LogP contribution in [0.25, 0.3) is 0 Å². The van der Waals surface area contributed by atoms with Crippen molar-refractivity contribution < 1.29 is 27.2 Å². The van der Waals surface area contributed by atoms with E-state index in [0.29, 0.717) is 22.3 Å². The molecule has 0 saturated heterocycles. The average Bonchev–Trinajstić information content (AvgIpc) is 3.50. The van der Waals surface area contributed by atoms with Gasteiger partial charge in [-0.25, -0.2) is 9.97 Å². The zero-order valence-corrected chi connectivity index (χ0v) is 22.1. The van der Waals surface area contributed by atoms with Crippen molar-refractivity contribution in [1.29, 1.82) is 0 Å². The molecule has 2 aromatic heterocycles. The second-order valence-corrected chi connectivity index (χ2v) is 11.7. The zero-order valence-electron chi connectivity index (χ0n) is 19.8. The number of aliphatic hydroxyl groups excluding tert-OH is 1. The van der Waals surface area contributed by atoms with Crippen molar-refractivity contribution in [1.82, 2.24) is 14.7 Å². The first-order valence-corrected chi connectivity index (χ1v) is 14.3. The Morgan fingerprint density at radius 1 is 1.32 bits per heavy atom. The van der Waals surface area contributed by atoms with E-state index in [4.69, 9.17) is 20.5 Å². The Balaban J connectivity index is 1.34. The normalized spacial score (nSPS) is 23.5. The number of thiophene rings is 1. The van der Waals surface area contributed by atoms with Gasteiger partial charge in [0.25, 0.3) is 0 Å². The first kappa shape index (κ1) is 26.2. The molecule has 10 nitrogen and oxygen atoms in total. The van der Waals surface area contributed by atoms with Gasteiger partial charge in [-0.2, -0.15) is 13.1 Å². The highest BCUT2D eigenvalue weighted by Gasteiger charge is 2.37. The maximum atomic E-state index is 13.5. The number of ketones is 1. The second kappa shape index (κ2) is 10.7. The summed E-state index contributed by atoms with van der Waals surface area (Å²) in [5, 5.41) is 16.0. The van der Waals surface area contributed by atoms with Gasteiger partial charge in [-0.15, -0.1) is 11.3 Å². The van der Waals surface area contributed by atoms with E-state index in [1.165, 1.54) is 30.9 Å². The van der Waals surface area contributed by atoms with Gasteiger partial charge >= 0.3 is 10.3 Å². The lowest BCUT2D eigenvalue weighted by molar-refractivity contribution is 0.0636. The standard InChI is InChI=1S/C24H25ClN4O6S2/c1-26-37(32,33)35-19-9-15(8-18(19)30)29-24-16(10-27-12-28-24)22(31)20-7-14(11-36-20)23-21-13(5-6-34-23)3-2-4-17(21)25/h2-4,7,10-12,15,18-19,23,26,30H,5-6,8-9H2,1H3,(H,27,28,29)/t15-,18+,19-,23-/m1/s1. The van der Waals surface area contributed by atoms with E-state index in [1.807, 2.05) is 23.6 Å². The summed E-state index contributed by atoms with van der Waals surface area (Å²) in [6.07, 6.45) is 1.70. The number of hydrogen-bond donors (Lipinski definition) is 3. The molecule has 0 radical (unpaired) electrons. The largest absolute Gasteiger partial charge is 0.390 e. The number of anilines is 1. The molecule has 4 atom stereocenters. The molecule has 1 fully saturated rings. The zero-order chi connectivity index (χ0) is 26.2. The van der Waals surface area contributed by atoms with Crippen LogP contribution in [0.15, 0.2) is 42.2 Å². The summed E-state index contributed by atoms with van der Waals surface area (Å²) in [4.78, 5) is 22.2. The number of rotatable bonds is 8. The van der Waals surface area contributed by atoms with Crippen LogP contribution in [0, 0.1) is 0 Å². The van der Waals surface area contributed by atoms with Crippen molar-refractivity contribution in [3.05, 3.63) is 74.3 Å². The Bertz CT molecular complexity index is 1420. The van der Waals surface area contributed by atoms with Crippen LogP contribution in [0.1, 0.15) is 50.9 Å². The predicted molar refractivity (Wildman–Crippen MR) is 138 cm³/mol. The van der Waals surface area contributed by atoms with E-state index < -0.39 is 22.5 Å². The lowest BCUT2D eigenvalue weighted by Crippen LogP contribution is -2.31. The van der Waals surface area contributed by atoms with Gasteiger partial charge in [0, 0.05) is 29.9 Å². The summed E-state index contributed by atoms with van der Waals surface area (Å²) >= 11 is 7.78. The third-order valence-electron chi connectivity index (χ3n) is 6.48. The van der Waals surface area contributed by atoms with Gasteiger partial charge in [0.2, 0.25) is 5.78 Å². The first-order valence-electron chi connectivity index (χ1n) is 11.6. The molecule has 196 valence electrons. The van der Waals surface area contributed by atoms with Crippen molar-refractivity contribution in [2.24, 2.45) is 0 Å². The van der Waals surface area contributed by atoms with Crippen LogP contribution in [0.4, 0.5) is 5.82 Å². The molecule has 0 unspecified atom stereocenters. The van der Waals surface area contributed by atoms with Crippen molar-refractivity contribution in [3.63, 3.8) is 0 Å². The van der Waals surface area contributed by atoms with Crippen LogP contribution in [0.3, 0.4) is 0 Å². The second-order valence-electron chi connectivity index (χ2n) is 8.84. The van der Waals surface area contributed by atoms with Gasteiger partial charge in [0.15, 0.2) is 0 Å². The number of nitrogens with one attached hydrogen (secondary N) is 2. The molecular formula is C24H25ClN4O6S2. The maximum Gasteiger partial charge on any atom is 0.335 e. The molecule has 0 amide bonds. The Kier molecular flexibility index (Phi) is 7.59. The van der Waals surface area contributed by atoms with Crippen LogP contribution in [0.2, 0.25) is 5.02 Å². The smallest absolute Gasteiger partial charge is 0.335 e. The number of aliphatic hydroxyl groups is 1. The topological polar surface area (TPSA) is 140 Å². The molecule has 3 N–H and O–H groups in total. The number of nitrogens with zero attached hydrogens (tertiary/aromatic N) is 2. The Labute approximate surface area is 223 Å². The number of hydrogen-bond acceptors (Lipinski definition) is 10. The summed E-state index contributed by atoms with van der Waals surface area (Å²) in [6.45, 7) is 0.561. The maximum absolute atomic E-state index is 13.5. The van der Waals surface area contributed by atoms with Crippen LogP contribution >= 0.6 is 22.9 Å². The number of benzene rings is 1. The number of fused-ring (bicyclic) bond motifs is 1. The lowest BCUT2D eigenvalue weighted by Gasteiger charge is -2.26. The van der Waals surface area contributed by atoms with Crippen LogP contribution in [0.5, 0.6) is 0 Å². The SMILES string of the molecule is CNS(=O)(=O)O[C@@H]1C[C@H](Nc2ncncc2C(=O)c2cc([C@H]3OCCc4cccc(Cl)c43)cs2)C[C@@H]1O. The molecule has 2 aliphatic rings. The fraction of sp³-hybridized carbons (Fsp3) is 0.375. The molecule has 37 heavy (non-hydrogen) atoms. The molecule has 1 aliphatic carbocycles. The summed E-state index contributed by atoms with van der Waals surface area (Å²) < 4.78 is 36.6. The molecule has 1 saturated carbocycles. The van der Waals surface area contributed by atoms with E-state index in [9.17, 15) is 18.3 Å². The molecule has 0 spiro atoms. The molecule has 1 aromatic carbocycles. The van der Waals surface area contributed by atoms with Crippen LogP contribution in [-0.2, 0) is 25.6 Å². The van der Waals surface area contributed by atoms with E-state index in [1.54, 1.807) is 6.07 Å². The van der Waals surface area contributed by atoms with E-state index in [-0.39, 0.29) is 36.3 Å². The van der Waals surface area contributed by atoms with Crippen molar-refractivity contribution in [2.45, 2.75) is 43.6 Å². The molecule has 3 aromatic rings. The minimum Gasteiger partial charge on any atom is -0.390 e. The summed E-state index contributed by atoms with van der Waals surface area (Å²) in [5.41, 5.74) is 3.17. The number of ether oxygens (including phenoxy) is 1. The van der Waals surface area contributed by atoms with Gasteiger partial charge in [-0.3, -0.25) is 8.98 Å². The Morgan fingerprint density at radius 2 is 2.16 bits per heavy atom. The highest BCUT2D eigenvalue weighted by atomic mass is 35.5. The molecule has 5 rings (SSSR count). The lowest BCUT2D eigenvalue weighted by atomic mass is 9.94. The fourth-order valence-corrected chi connectivity index (χ4v) is 6.48. The van der Waals surface area contributed by atoms with Crippen LogP contribution in [-0.4, -0.2) is 61.2 Å². The molecule has 13 heteroatoms. The van der Waals surface area contributed by atoms with Gasteiger partial charge < -0.3 is 15.2 Å². The van der Waals surface area contributed by atoms with Crippen LogP contribution < -0.4 is 10.0 Å². The highest BCUT2D eigenvalue weighted by molar-refractivity contribution is 7.84. The van der Waals surface area contributed by atoms with Crippen molar-refractivity contribution in [2.75, 3.05) is 19.0 Å². The Morgan fingerprint density at radius 3 is 2.97 bits per heavy atom. The molecule has 0 bridgehead atoms. The van der Waals surface area contributed by atoms with Gasteiger partial charge in [0.1, 0.15) is 24.4 Å². The molecule has 1 aliphatic heterocycles. The van der Waals surface area contributed by atoms with E-state index in [2.05, 4.69) is 20.0 Å². The highest BCUT2D eigenvalue weighted by Crippen LogP contribution is 2.39. The van der Waals surface area contributed by atoms with E-state index in [0.717, 1.165) is 23.1 Å². The quantitative estimate of drug-likeness (QED) is 0.352. The fourth-order valence-electron chi connectivity index (χ4n) is 4.68. The minimum atomic E-state index is -3.95. The third kappa shape index (κ3) is 5.55. The number of halogens is 1. The number of carbonyl (C=O) groups is 1. The molecular weight excluding hydrogens is 540 g/mol. The van der Waals surface area contributed by atoms with Gasteiger partial charge in [0.05, 0.1) is 23.2 Å². The third-order valence-corrected chi connectivity index (χ3v) is 8.75. The monoisotopic (exact) mass is 564 g/mol. The Hall–Kier alpha value is -2.45. The number of aromatic nitrogens is 2. The summed E-state index contributed by atoms with van der Waals surface area (Å²) in [7, 11) is -2.72. The summed E-state index contributed by atoms with van der Waals surface area (Å²) in [5.74, 6) is 0.0326. The van der Waals surface area contributed by atoms with Gasteiger partial charge in [-0.05, 0) is 47.9 Å². The van der Waals surface area contributed by atoms with E-state index >= 15 is 0 Å². The van der Waals surface area contributed by atoms with Crippen molar-refractivity contribution >= 4 is 44.8 Å². The summed E-state index contributed by atoms with van der Waals surface area (Å²) in [6, 6.07) is 7.25. The van der Waals surface area contributed by atoms with Gasteiger partial charge in [-0.1, -0.05) is 23.7 Å². The molecule has 3 heterocycles. The first-order chi connectivity index (χ1) is 17.8. The predicted octanol–water partition coefficient (Wildman–Crippen LogP) is 2.87. The van der Waals surface area contributed by atoms with Crippen molar-refractivity contribution in [3.8, 4) is 0 Å². The average molecular weight is 565 g/mol. The minimum absolute atomic E-state index is 0.210.